The number of piperidine rings is 1. The zero-order valence-electron chi connectivity index (χ0n) is 18.5. The fourth-order valence-electron chi connectivity index (χ4n) is 3.83. The van der Waals surface area contributed by atoms with Gasteiger partial charge in [-0.3, -0.25) is 9.10 Å². The van der Waals surface area contributed by atoms with E-state index in [4.69, 9.17) is 4.74 Å². The number of ether oxygens (including phenoxy) is 1. The predicted molar refractivity (Wildman–Crippen MR) is 122 cm³/mol. The van der Waals surface area contributed by atoms with Crippen molar-refractivity contribution in [1.82, 2.24) is 9.62 Å². The molecule has 0 bridgehead atoms. The van der Waals surface area contributed by atoms with Crippen LogP contribution in [0.15, 0.2) is 48.5 Å². The normalized spacial score (nSPS) is 17.0. The van der Waals surface area contributed by atoms with E-state index in [1.54, 1.807) is 49.4 Å². The number of benzene rings is 2. The van der Waals surface area contributed by atoms with Crippen LogP contribution in [0.2, 0.25) is 0 Å². The number of anilines is 1. The Morgan fingerprint density at radius 1 is 1.19 bits per heavy atom. The second kappa shape index (κ2) is 10.8. The summed E-state index contributed by atoms with van der Waals surface area (Å²) < 4.78 is 48.7. The molecule has 1 heterocycles. The first kappa shape index (κ1) is 24.0. The van der Waals surface area contributed by atoms with Gasteiger partial charge in [0.25, 0.3) is 0 Å². The first-order chi connectivity index (χ1) is 15.4. The van der Waals surface area contributed by atoms with Crippen LogP contribution in [0.1, 0.15) is 32.3 Å². The molecule has 0 spiro atoms. The van der Waals surface area contributed by atoms with Gasteiger partial charge >= 0.3 is 10.2 Å². The first-order valence-corrected chi connectivity index (χ1v) is 12.3. The van der Waals surface area contributed by atoms with Crippen molar-refractivity contribution in [2.24, 2.45) is 5.92 Å². The van der Waals surface area contributed by atoms with Gasteiger partial charge in [-0.05, 0) is 57.0 Å². The highest BCUT2D eigenvalue weighted by molar-refractivity contribution is 7.90. The summed E-state index contributed by atoms with van der Waals surface area (Å²) in [5, 5.41) is 2.75. The smallest absolute Gasteiger partial charge is 0.304 e. The van der Waals surface area contributed by atoms with Gasteiger partial charge in [0.05, 0.1) is 18.2 Å². The van der Waals surface area contributed by atoms with Gasteiger partial charge in [0.2, 0.25) is 5.91 Å². The Morgan fingerprint density at radius 3 is 2.56 bits per heavy atom. The van der Waals surface area contributed by atoms with E-state index in [9.17, 15) is 17.6 Å². The molecule has 1 N–H and O–H groups in total. The number of nitrogens with one attached hydrogen (secondary N) is 1. The Morgan fingerprint density at radius 2 is 1.91 bits per heavy atom. The number of hydrogen-bond donors (Lipinski definition) is 1. The lowest BCUT2D eigenvalue weighted by Crippen LogP contribution is -2.50. The molecular formula is C23H30FN3O4S. The van der Waals surface area contributed by atoms with Crippen molar-refractivity contribution in [2.75, 3.05) is 30.5 Å². The summed E-state index contributed by atoms with van der Waals surface area (Å²) >= 11 is 0. The van der Waals surface area contributed by atoms with Crippen LogP contribution in [0.4, 0.5) is 10.1 Å². The zero-order valence-corrected chi connectivity index (χ0v) is 19.3. The molecule has 0 saturated carbocycles. The quantitative estimate of drug-likeness (QED) is 0.619. The molecule has 174 valence electrons. The molecule has 2 aromatic rings. The maximum Gasteiger partial charge on any atom is 0.304 e. The van der Waals surface area contributed by atoms with Gasteiger partial charge in [-0.2, -0.15) is 12.7 Å². The molecule has 0 aliphatic carbocycles. The fourth-order valence-corrected chi connectivity index (χ4v) is 5.55. The SMILES string of the molecule is CCOc1ccc(N(CC)S(=O)(=O)N2CCC[C@@H](C(=O)NCc3ccccc3F)C2)cc1. The summed E-state index contributed by atoms with van der Waals surface area (Å²) in [5.74, 6) is -0.453. The highest BCUT2D eigenvalue weighted by Gasteiger charge is 2.35. The Bertz CT molecular complexity index is 1010. The van der Waals surface area contributed by atoms with Crippen molar-refractivity contribution in [3.8, 4) is 5.75 Å². The summed E-state index contributed by atoms with van der Waals surface area (Å²) in [7, 11) is -3.81. The Hall–Kier alpha value is -2.65. The van der Waals surface area contributed by atoms with Crippen molar-refractivity contribution in [2.45, 2.75) is 33.2 Å². The van der Waals surface area contributed by atoms with Crippen LogP contribution in [-0.4, -0.2) is 44.9 Å². The zero-order chi connectivity index (χ0) is 23.1. The number of carbonyl (C=O) groups excluding carboxylic acids is 1. The number of hydrogen-bond acceptors (Lipinski definition) is 4. The fraction of sp³-hybridized carbons (Fsp3) is 0.435. The van der Waals surface area contributed by atoms with E-state index in [1.807, 2.05) is 6.92 Å². The minimum Gasteiger partial charge on any atom is -0.494 e. The highest BCUT2D eigenvalue weighted by Crippen LogP contribution is 2.27. The van der Waals surface area contributed by atoms with Crippen LogP contribution in [0, 0.1) is 11.7 Å². The molecule has 0 aromatic heterocycles. The topological polar surface area (TPSA) is 79.0 Å². The first-order valence-electron chi connectivity index (χ1n) is 10.9. The lowest BCUT2D eigenvalue weighted by Gasteiger charge is -2.35. The van der Waals surface area contributed by atoms with E-state index >= 15 is 0 Å². The third-order valence-corrected chi connectivity index (χ3v) is 7.50. The third-order valence-electron chi connectivity index (χ3n) is 5.49. The molecule has 1 amide bonds. The van der Waals surface area contributed by atoms with E-state index < -0.39 is 16.1 Å². The van der Waals surface area contributed by atoms with E-state index in [0.29, 0.717) is 43.0 Å². The van der Waals surface area contributed by atoms with E-state index in [0.717, 1.165) is 0 Å². The molecule has 1 saturated heterocycles. The van der Waals surface area contributed by atoms with Crippen LogP contribution >= 0.6 is 0 Å². The molecular weight excluding hydrogens is 433 g/mol. The minimum absolute atomic E-state index is 0.0714. The number of halogens is 1. The number of nitrogens with zero attached hydrogens (tertiary/aromatic N) is 2. The van der Waals surface area contributed by atoms with E-state index in [1.165, 1.54) is 14.7 Å². The van der Waals surface area contributed by atoms with Crippen LogP contribution in [0.25, 0.3) is 0 Å². The highest BCUT2D eigenvalue weighted by atomic mass is 32.2. The van der Waals surface area contributed by atoms with Crippen molar-refractivity contribution in [3.05, 3.63) is 59.9 Å². The number of carbonyl (C=O) groups is 1. The molecule has 7 nitrogen and oxygen atoms in total. The Balaban J connectivity index is 1.67. The second-order valence-corrected chi connectivity index (χ2v) is 9.46. The summed E-state index contributed by atoms with van der Waals surface area (Å²) in [6, 6.07) is 13.2. The van der Waals surface area contributed by atoms with Crippen molar-refractivity contribution < 1.29 is 22.3 Å². The van der Waals surface area contributed by atoms with Crippen LogP contribution in [-0.2, 0) is 21.5 Å². The predicted octanol–water partition coefficient (Wildman–Crippen LogP) is 3.32. The van der Waals surface area contributed by atoms with Gasteiger partial charge in [0, 0.05) is 31.7 Å². The van der Waals surface area contributed by atoms with Crippen LogP contribution in [0.3, 0.4) is 0 Å². The molecule has 0 unspecified atom stereocenters. The van der Waals surface area contributed by atoms with Crippen molar-refractivity contribution in [1.29, 1.82) is 0 Å². The maximum atomic E-state index is 13.8. The standard InChI is InChI=1S/C23H30FN3O4S/c1-3-27(20-11-13-21(14-12-20)31-4-2)32(29,30)26-15-7-9-19(17-26)23(28)25-16-18-8-5-6-10-22(18)24/h5-6,8,10-14,19H,3-4,7,9,15-17H2,1-2H3,(H,25,28)/t19-/m1/s1. The second-order valence-electron chi connectivity index (χ2n) is 7.61. The number of rotatable bonds is 9. The van der Waals surface area contributed by atoms with E-state index in [2.05, 4.69) is 5.32 Å². The van der Waals surface area contributed by atoms with Gasteiger partial charge in [-0.1, -0.05) is 18.2 Å². The average Bonchev–Trinajstić information content (AvgIpc) is 2.80. The van der Waals surface area contributed by atoms with Gasteiger partial charge in [-0.15, -0.1) is 0 Å². The molecule has 1 fully saturated rings. The summed E-state index contributed by atoms with van der Waals surface area (Å²) in [6.07, 6.45) is 1.17. The lowest BCUT2D eigenvalue weighted by atomic mass is 9.98. The molecule has 3 rings (SSSR count). The van der Waals surface area contributed by atoms with Gasteiger partial charge in [0.1, 0.15) is 11.6 Å². The van der Waals surface area contributed by atoms with Gasteiger partial charge in [0.15, 0.2) is 0 Å². The summed E-state index contributed by atoms with van der Waals surface area (Å²) in [5.41, 5.74) is 0.941. The molecule has 0 radical (unpaired) electrons. The minimum atomic E-state index is -3.81. The molecule has 32 heavy (non-hydrogen) atoms. The summed E-state index contributed by atoms with van der Waals surface area (Å²) in [6.45, 7) is 4.97. The molecule has 1 aliphatic heterocycles. The molecule has 1 aliphatic rings. The van der Waals surface area contributed by atoms with Gasteiger partial charge in [-0.25, -0.2) is 4.39 Å². The maximum absolute atomic E-state index is 13.8. The Kier molecular flexibility index (Phi) is 8.09. The lowest BCUT2D eigenvalue weighted by molar-refractivity contribution is -0.126. The summed E-state index contributed by atoms with van der Waals surface area (Å²) in [4.78, 5) is 12.7. The molecule has 1 atom stereocenters. The Labute approximate surface area is 189 Å². The van der Waals surface area contributed by atoms with Crippen molar-refractivity contribution >= 4 is 21.8 Å². The van der Waals surface area contributed by atoms with Crippen molar-refractivity contribution in [3.63, 3.8) is 0 Å². The van der Waals surface area contributed by atoms with Crippen LogP contribution < -0.4 is 14.4 Å². The largest absolute Gasteiger partial charge is 0.494 e. The molecule has 9 heteroatoms. The third kappa shape index (κ3) is 5.58. The molecule has 2 aromatic carbocycles. The monoisotopic (exact) mass is 463 g/mol. The number of amides is 1. The van der Waals surface area contributed by atoms with Gasteiger partial charge < -0.3 is 10.1 Å². The van der Waals surface area contributed by atoms with E-state index in [-0.39, 0.29) is 31.4 Å². The average molecular weight is 464 g/mol. The van der Waals surface area contributed by atoms with Crippen LogP contribution in [0.5, 0.6) is 5.75 Å².